The molecule has 1 aliphatic carbocycles. The van der Waals surface area contributed by atoms with Gasteiger partial charge < -0.3 is 39.9 Å². The topological polar surface area (TPSA) is 210 Å². The maximum Gasteiger partial charge on any atom is 0.472 e. The molecule has 1 saturated carbocycles. The third-order valence-electron chi connectivity index (χ3n) is 12.5. The van der Waals surface area contributed by atoms with E-state index in [9.17, 15) is 44.6 Å². The van der Waals surface area contributed by atoms with Gasteiger partial charge in [-0.25, -0.2) is 4.57 Å². The molecule has 388 valence electrons. The number of phosphoric acid groups is 1. The second-order valence-corrected chi connectivity index (χ2v) is 20.1. The van der Waals surface area contributed by atoms with E-state index in [0.29, 0.717) is 12.8 Å². The lowest BCUT2D eigenvalue weighted by atomic mass is 9.85. The van der Waals surface area contributed by atoms with Crippen LogP contribution in [0, 0.1) is 0 Å². The highest BCUT2D eigenvalue weighted by molar-refractivity contribution is 7.47. The molecule has 66 heavy (non-hydrogen) atoms. The molecule has 0 amide bonds. The van der Waals surface area contributed by atoms with Crippen LogP contribution < -0.4 is 0 Å². The Balaban J connectivity index is 2.35. The van der Waals surface area contributed by atoms with Crippen molar-refractivity contribution in [3.63, 3.8) is 0 Å². The fourth-order valence-corrected chi connectivity index (χ4v) is 9.23. The third-order valence-corrected chi connectivity index (χ3v) is 13.5. The Morgan fingerprint density at radius 1 is 0.470 bits per heavy atom. The molecule has 0 aromatic rings. The van der Waals surface area contributed by atoms with E-state index >= 15 is 0 Å². The molecule has 0 saturated heterocycles. The Kier molecular flexibility index (Phi) is 39.9. The van der Waals surface area contributed by atoms with Crippen LogP contribution in [-0.4, -0.2) is 98.3 Å². The Morgan fingerprint density at radius 3 is 1.26 bits per heavy atom. The lowest BCUT2D eigenvalue weighted by Crippen LogP contribution is -2.64. The van der Waals surface area contributed by atoms with Crippen molar-refractivity contribution in [2.24, 2.45) is 0 Å². The number of aliphatic hydroxyl groups is 5. The van der Waals surface area contributed by atoms with Crippen LogP contribution in [0.1, 0.15) is 239 Å². The number of hydrogen-bond donors (Lipinski definition) is 6. The number of rotatable bonds is 45. The molecule has 0 heterocycles. The van der Waals surface area contributed by atoms with Crippen LogP contribution in [0.25, 0.3) is 0 Å². The van der Waals surface area contributed by atoms with Gasteiger partial charge in [-0.05, 0) is 44.9 Å². The molecule has 0 aromatic heterocycles. The van der Waals surface area contributed by atoms with Crippen molar-refractivity contribution in [3.05, 3.63) is 24.3 Å². The summed E-state index contributed by atoms with van der Waals surface area (Å²) < 4.78 is 33.6. The first-order chi connectivity index (χ1) is 31.9. The minimum Gasteiger partial charge on any atom is -0.462 e. The van der Waals surface area contributed by atoms with Gasteiger partial charge in [0.15, 0.2) is 6.10 Å². The number of carbonyl (C=O) groups excluding carboxylic acids is 2. The summed E-state index contributed by atoms with van der Waals surface area (Å²) in [7, 11) is -5.12. The molecule has 6 N–H and O–H groups in total. The third kappa shape index (κ3) is 33.8. The van der Waals surface area contributed by atoms with Crippen LogP contribution in [0.3, 0.4) is 0 Å². The van der Waals surface area contributed by atoms with Crippen molar-refractivity contribution in [3.8, 4) is 0 Å². The van der Waals surface area contributed by atoms with E-state index in [0.717, 1.165) is 64.2 Å². The monoisotopic (exact) mass is 961 g/mol. The first-order valence-electron chi connectivity index (χ1n) is 26.6. The highest BCUT2D eigenvalue weighted by Crippen LogP contribution is 2.47. The lowest BCUT2D eigenvalue weighted by Gasteiger charge is -2.41. The first-order valence-corrected chi connectivity index (χ1v) is 28.1. The standard InChI is InChI=1S/C52H97O13P/c1-3-5-7-9-11-13-15-17-19-20-21-22-23-24-25-27-28-30-32-34-36-38-40-45(53)62-42-44(43-63-66(60,61)65-52-50(58)48(56)47(55)49(57)51(52)59)64-46(54)41-39-37-35-33-31-29-26-18-16-14-12-10-8-6-4-2/h12,14,18,26,44,47-52,55-59H,3-11,13,15-17,19-25,27-43H2,1-2H3,(H,60,61)/b14-12-,26-18-. The van der Waals surface area contributed by atoms with E-state index in [1.54, 1.807) is 0 Å². The predicted molar refractivity (Wildman–Crippen MR) is 263 cm³/mol. The van der Waals surface area contributed by atoms with Gasteiger partial charge in [-0.1, -0.05) is 205 Å². The molecule has 6 atom stereocenters. The van der Waals surface area contributed by atoms with Crippen LogP contribution in [0.15, 0.2) is 24.3 Å². The summed E-state index contributed by atoms with van der Waals surface area (Å²) in [5, 5.41) is 50.3. The molecule has 0 aromatic carbocycles. The zero-order valence-electron chi connectivity index (χ0n) is 41.5. The number of unbranched alkanes of at least 4 members (excludes halogenated alkanes) is 29. The Labute approximate surface area is 400 Å². The average Bonchev–Trinajstić information content (AvgIpc) is 3.30. The summed E-state index contributed by atoms with van der Waals surface area (Å²) in [5.41, 5.74) is 0. The molecular formula is C52H97O13P. The van der Waals surface area contributed by atoms with Crippen molar-refractivity contribution in [1.82, 2.24) is 0 Å². The molecule has 0 radical (unpaired) electrons. The fourth-order valence-electron chi connectivity index (χ4n) is 8.26. The summed E-state index contributed by atoms with van der Waals surface area (Å²) in [6.45, 7) is 3.30. The van der Waals surface area contributed by atoms with E-state index in [2.05, 4.69) is 38.2 Å². The van der Waals surface area contributed by atoms with Crippen molar-refractivity contribution < 1.29 is 63.1 Å². The Morgan fingerprint density at radius 2 is 0.818 bits per heavy atom. The number of aliphatic hydroxyl groups excluding tert-OH is 5. The summed E-state index contributed by atoms with van der Waals surface area (Å²) in [5.74, 6) is -1.10. The number of phosphoric ester groups is 1. The molecule has 14 heteroatoms. The van der Waals surface area contributed by atoms with Gasteiger partial charge >= 0.3 is 19.8 Å². The van der Waals surface area contributed by atoms with Gasteiger partial charge in [0.05, 0.1) is 6.61 Å². The second kappa shape index (κ2) is 42.2. The molecular weight excluding hydrogens is 864 g/mol. The molecule has 1 fully saturated rings. The first kappa shape index (κ1) is 62.3. The molecule has 1 aliphatic rings. The van der Waals surface area contributed by atoms with E-state index < -0.39 is 75.7 Å². The quantitative estimate of drug-likeness (QED) is 0.0145. The number of ether oxygens (including phenoxy) is 2. The largest absolute Gasteiger partial charge is 0.472 e. The molecule has 6 unspecified atom stereocenters. The Bertz CT molecular complexity index is 1250. The van der Waals surface area contributed by atoms with E-state index in [-0.39, 0.29) is 12.8 Å². The van der Waals surface area contributed by atoms with Crippen LogP contribution in [-0.2, 0) is 32.7 Å². The maximum atomic E-state index is 12.8. The van der Waals surface area contributed by atoms with E-state index in [1.807, 2.05) is 0 Å². The van der Waals surface area contributed by atoms with Crippen molar-refractivity contribution in [1.29, 1.82) is 0 Å². The molecule has 13 nitrogen and oxygen atoms in total. The summed E-state index contributed by atoms with van der Waals surface area (Å²) in [6, 6.07) is 0. The van der Waals surface area contributed by atoms with Gasteiger partial charge in [0.1, 0.15) is 43.2 Å². The average molecular weight is 961 g/mol. The van der Waals surface area contributed by atoms with Crippen molar-refractivity contribution in [2.45, 2.75) is 281 Å². The van der Waals surface area contributed by atoms with Crippen LogP contribution in [0.5, 0.6) is 0 Å². The highest BCUT2D eigenvalue weighted by atomic mass is 31.2. The summed E-state index contributed by atoms with van der Waals surface area (Å²) >= 11 is 0. The fraction of sp³-hybridized carbons (Fsp3) is 0.885. The normalized spacial score (nSPS) is 21.4. The zero-order valence-corrected chi connectivity index (χ0v) is 42.4. The van der Waals surface area contributed by atoms with Crippen molar-refractivity contribution in [2.75, 3.05) is 13.2 Å². The number of hydrogen-bond acceptors (Lipinski definition) is 12. The number of allylic oxidation sites excluding steroid dienone is 4. The van der Waals surface area contributed by atoms with E-state index in [1.165, 1.54) is 135 Å². The zero-order chi connectivity index (χ0) is 48.5. The lowest BCUT2D eigenvalue weighted by molar-refractivity contribution is -0.220. The minimum atomic E-state index is -5.12. The van der Waals surface area contributed by atoms with Crippen LogP contribution in [0.2, 0.25) is 0 Å². The number of esters is 2. The number of carbonyl (C=O) groups is 2. The van der Waals surface area contributed by atoms with Crippen molar-refractivity contribution >= 4 is 19.8 Å². The highest BCUT2D eigenvalue weighted by Gasteiger charge is 2.51. The van der Waals surface area contributed by atoms with Gasteiger partial charge in [-0.2, -0.15) is 0 Å². The minimum absolute atomic E-state index is 0.0836. The van der Waals surface area contributed by atoms with Crippen LogP contribution in [0.4, 0.5) is 0 Å². The van der Waals surface area contributed by atoms with Crippen LogP contribution >= 0.6 is 7.82 Å². The predicted octanol–water partition coefficient (Wildman–Crippen LogP) is 11.6. The molecule has 0 spiro atoms. The smallest absolute Gasteiger partial charge is 0.462 e. The van der Waals surface area contributed by atoms with E-state index in [4.69, 9.17) is 18.5 Å². The van der Waals surface area contributed by atoms with Gasteiger partial charge in [0.25, 0.3) is 0 Å². The SMILES string of the molecule is CCCCC/C=C\C/C=C\CCCCCCCC(=O)OC(COC(=O)CCCCCCCCCCCCCCCCCCCCCCCC)COP(=O)(O)OC1C(O)C(O)C(O)C(O)C1O. The molecule has 0 bridgehead atoms. The Hall–Kier alpha value is -1.67. The molecule has 0 aliphatic heterocycles. The summed E-state index contributed by atoms with van der Waals surface area (Å²) in [6.07, 6.45) is 35.2. The van der Waals surface area contributed by atoms with Gasteiger partial charge in [-0.15, -0.1) is 0 Å². The maximum absolute atomic E-state index is 12.8. The molecule has 1 rings (SSSR count). The van der Waals surface area contributed by atoms with Gasteiger partial charge in [0.2, 0.25) is 0 Å². The second-order valence-electron chi connectivity index (χ2n) is 18.7. The van der Waals surface area contributed by atoms with Gasteiger partial charge in [0, 0.05) is 12.8 Å². The van der Waals surface area contributed by atoms with Gasteiger partial charge in [-0.3, -0.25) is 18.6 Å². The summed E-state index contributed by atoms with van der Waals surface area (Å²) in [4.78, 5) is 35.8.